The number of hydrogen-bond acceptors (Lipinski definition) is 14. The predicted octanol–water partition coefficient (Wildman–Crippen LogP) is 6.29. The Morgan fingerprint density at radius 3 is 1.52 bits per heavy atom. The van der Waals surface area contributed by atoms with Gasteiger partial charge in [0.15, 0.2) is 12.6 Å². The van der Waals surface area contributed by atoms with E-state index in [0.717, 1.165) is 44.9 Å². The number of carbonyl (C=O) groups is 1. The van der Waals surface area contributed by atoms with Gasteiger partial charge in [0.05, 0.1) is 26.4 Å². The maximum Gasteiger partial charge on any atom is 0.306 e. The number of esters is 1. The first-order valence-corrected chi connectivity index (χ1v) is 24.3. The zero-order chi connectivity index (χ0) is 44.5. The Labute approximate surface area is 367 Å². The second-order valence-corrected chi connectivity index (χ2v) is 17.3. The van der Waals surface area contributed by atoms with Gasteiger partial charge in [0, 0.05) is 13.0 Å². The molecule has 2 aliphatic heterocycles. The van der Waals surface area contributed by atoms with Gasteiger partial charge in [-0.2, -0.15) is 0 Å². The summed E-state index contributed by atoms with van der Waals surface area (Å²) in [7, 11) is 0. The van der Waals surface area contributed by atoms with E-state index < -0.39 is 80.7 Å². The summed E-state index contributed by atoms with van der Waals surface area (Å²) in [4.78, 5) is 13.0. The molecule has 14 nitrogen and oxygen atoms in total. The van der Waals surface area contributed by atoms with Crippen molar-refractivity contribution < 1.29 is 69.0 Å². The fourth-order valence-electron chi connectivity index (χ4n) is 7.75. The molecule has 0 radical (unpaired) electrons. The van der Waals surface area contributed by atoms with Crippen molar-refractivity contribution >= 4 is 5.97 Å². The minimum absolute atomic E-state index is 0.0622. The van der Waals surface area contributed by atoms with E-state index in [1.165, 1.54) is 109 Å². The van der Waals surface area contributed by atoms with Gasteiger partial charge in [-0.05, 0) is 38.5 Å². The molecule has 0 aliphatic carbocycles. The molecule has 2 aliphatic rings. The van der Waals surface area contributed by atoms with E-state index in [1.807, 2.05) is 0 Å². The third-order valence-corrected chi connectivity index (χ3v) is 11.8. The van der Waals surface area contributed by atoms with Gasteiger partial charge in [-0.1, -0.05) is 148 Å². The SMILES string of the molecule is CCCCC/C=C\CCCCCCCCOCC(COC1OC(COC2OC(CO)C(O)C(O)C2O)C(O)C(O)C1O)OC(=O)CCCCCCCCCCCCCCCC. The molecule has 0 saturated carbocycles. The molecule has 0 spiro atoms. The summed E-state index contributed by atoms with van der Waals surface area (Å²) in [5, 5.41) is 72.0. The van der Waals surface area contributed by atoms with Gasteiger partial charge in [0.1, 0.15) is 54.9 Å². The first-order chi connectivity index (χ1) is 29.6. The van der Waals surface area contributed by atoms with Crippen LogP contribution in [0.1, 0.15) is 181 Å². The van der Waals surface area contributed by atoms with Crippen molar-refractivity contribution in [2.75, 3.05) is 33.0 Å². The van der Waals surface area contributed by atoms with Crippen LogP contribution in [0.4, 0.5) is 0 Å². The van der Waals surface area contributed by atoms with Crippen molar-refractivity contribution in [3.8, 4) is 0 Å². The van der Waals surface area contributed by atoms with E-state index in [0.29, 0.717) is 13.0 Å². The highest BCUT2D eigenvalue weighted by Gasteiger charge is 2.47. The molecule has 0 aromatic heterocycles. The van der Waals surface area contributed by atoms with E-state index in [4.69, 9.17) is 28.4 Å². The highest BCUT2D eigenvalue weighted by atomic mass is 16.7. The van der Waals surface area contributed by atoms with Crippen LogP contribution < -0.4 is 0 Å². The van der Waals surface area contributed by atoms with Gasteiger partial charge in [-0.3, -0.25) is 4.79 Å². The summed E-state index contributed by atoms with van der Waals surface area (Å²) < 4.78 is 34.2. The normalized spacial score (nSPS) is 27.5. The Balaban J connectivity index is 1.79. The van der Waals surface area contributed by atoms with E-state index in [1.54, 1.807) is 0 Å². The Morgan fingerprint density at radius 2 is 0.967 bits per heavy atom. The van der Waals surface area contributed by atoms with E-state index in [9.17, 15) is 40.5 Å². The molecule has 61 heavy (non-hydrogen) atoms. The van der Waals surface area contributed by atoms with Gasteiger partial charge in [-0.15, -0.1) is 0 Å². The minimum Gasteiger partial charge on any atom is -0.457 e. The smallest absolute Gasteiger partial charge is 0.306 e. The van der Waals surface area contributed by atoms with Crippen LogP contribution in [0.3, 0.4) is 0 Å². The molecule has 0 aromatic carbocycles. The number of ether oxygens (including phenoxy) is 6. The second kappa shape index (κ2) is 36.0. The first kappa shape index (κ1) is 55.9. The van der Waals surface area contributed by atoms with Gasteiger partial charge < -0.3 is 64.2 Å². The molecule has 14 heteroatoms. The van der Waals surface area contributed by atoms with Gasteiger partial charge in [0.25, 0.3) is 0 Å². The van der Waals surface area contributed by atoms with Crippen LogP contribution in [0.2, 0.25) is 0 Å². The lowest BCUT2D eigenvalue weighted by atomic mass is 9.98. The molecule has 7 N–H and O–H groups in total. The Hall–Kier alpha value is -1.27. The fraction of sp³-hybridized carbons (Fsp3) is 0.936. The van der Waals surface area contributed by atoms with Crippen molar-refractivity contribution in [3.05, 3.63) is 12.2 Å². The third kappa shape index (κ3) is 24.6. The van der Waals surface area contributed by atoms with Crippen molar-refractivity contribution in [2.24, 2.45) is 0 Å². The van der Waals surface area contributed by atoms with Crippen molar-refractivity contribution in [1.82, 2.24) is 0 Å². The molecule has 0 amide bonds. The Kier molecular flexibility index (Phi) is 33.0. The molecule has 11 atom stereocenters. The average molecular weight is 877 g/mol. The second-order valence-electron chi connectivity index (χ2n) is 17.3. The molecular weight excluding hydrogens is 789 g/mol. The van der Waals surface area contributed by atoms with Crippen LogP contribution in [-0.2, 0) is 33.2 Å². The summed E-state index contributed by atoms with van der Waals surface area (Å²) in [6.07, 6.45) is 18.4. The first-order valence-electron chi connectivity index (χ1n) is 24.3. The molecule has 360 valence electrons. The van der Waals surface area contributed by atoms with Crippen molar-refractivity contribution in [2.45, 2.75) is 248 Å². The Morgan fingerprint density at radius 1 is 0.525 bits per heavy atom. The van der Waals surface area contributed by atoms with E-state index in [-0.39, 0.29) is 25.6 Å². The van der Waals surface area contributed by atoms with Crippen molar-refractivity contribution in [3.63, 3.8) is 0 Å². The third-order valence-electron chi connectivity index (χ3n) is 11.8. The van der Waals surface area contributed by atoms with Crippen LogP contribution in [0.5, 0.6) is 0 Å². The quantitative estimate of drug-likeness (QED) is 0.0206. The number of unbranched alkanes of at least 4 members (excludes halogenated alkanes) is 22. The van der Waals surface area contributed by atoms with Gasteiger partial charge in [0.2, 0.25) is 0 Å². The van der Waals surface area contributed by atoms with E-state index >= 15 is 0 Å². The monoisotopic (exact) mass is 877 g/mol. The van der Waals surface area contributed by atoms with Crippen molar-refractivity contribution in [1.29, 1.82) is 0 Å². The minimum atomic E-state index is -1.70. The Bertz CT molecular complexity index is 1060. The molecule has 2 rings (SSSR count). The summed E-state index contributed by atoms with van der Waals surface area (Å²) in [5.41, 5.74) is 0. The lowest BCUT2D eigenvalue weighted by Crippen LogP contribution is -2.61. The maximum absolute atomic E-state index is 13.0. The number of hydrogen-bond donors (Lipinski definition) is 7. The molecule has 0 bridgehead atoms. The zero-order valence-corrected chi connectivity index (χ0v) is 37.9. The number of aliphatic hydroxyl groups excluding tert-OH is 7. The lowest BCUT2D eigenvalue weighted by molar-refractivity contribution is -0.332. The van der Waals surface area contributed by atoms with Crippen LogP contribution in [-0.4, -0.2) is 142 Å². The summed E-state index contributed by atoms with van der Waals surface area (Å²) in [5.74, 6) is -0.377. The number of allylic oxidation sites excluding steroid dienone is 2. The number of rotatable bonds is 38. The predicted molar refractivity (Wildman–Crippen MR) is 234 cm³/mol. The molecule has 11 unspecified atom stereocenters. The number of carbonyl (C=O) groups excluding carboxylic acids is 1. The standard InChI is InChI=1S/C47H88O14/c1-3-5-7-9-11-13-15-17-18-20-22-24-26-28-30-39(49)59-36(33-56-31-29-27-25-23-21-19-16-14-12-10-8-6-4-2)34-57-46-45(55)43(53)41(51)38(61-46)35-58-47-44(54)42(52)40(50)37(32-48)60-47/h12,14,36-38,40-48,50-55H,3-11,13,15-35H2,1-2H3/b14-12-. The van der Waals surface area contributed by atoms with Crippen LogP contribution in [0.25, 0.3) is 0 Å². The summed E-state index contributed by atoms with van der Waals surface area (Å²) >= 11 is 0. The van der Waals surface area contributed by atoms with Crippen LogP contribution in [0, 0.1) is 0 Å². The maximum atomic E-state index is 13.0. The average Bonchev–Trinajstić information content (AvgIpc) is 3.25. The zero-order valence-electron chi connectivity index (χ0n) is 37.9. The lowest BCUT2D eigenvalue weighted by Gasteiger charge is -2.42. The summed E-state index contributed by atoms with van der Waals surface area (Å²) in [6.45, 7) is 3.66. The fourth-order valence-corrected chi connectivity index (χ4v) is 7.75. The van der Waals surface area contributed by atoms with Crippen LogP contribution in [0.15, 0.2) is 12.2 Å². The highest BCUT2D eigenvalue weighted by molar-refractivity contribution is 5.69. The van der Waals surface area contributed by atoms with Gasteiger partial charge in [-0.25, -0.2) is 0 Å². The highest BCUT2D eigenvalue weighted by Crippen LogP contribution is 2.26. The number of aliphatic hydroxyl groups is 7. The molecule has 0 aromatic rings. The molecule has 2 heterocycles. The van der Waals surface area contributed by atoms with Gasteiger partial charge >= 0.3 is 5.97 Å². The topological polar surface area (TPSA) is 214 Å². The summed E-state index contributed by atoms with van der Waals surface area (Å²) in [6, 6.07) is 0. The molecule has 2 fully saturated rings. The molecule has 2 saturated heterocycles. The largest absolute Gasteiger partial charge is 0.457 e. The molecular formula is C47H88O14. The van der Waals surface area contributed by atoms with Crippen LogP contribution >= 0.6 is 0 Å². The van der Waals surface area contributed by atoms with E-state index in [2.05, 4.69) is 26.0 Å².